The van der Waals surface area contributed by atoms with Crippen LogP contribution in [0.5, 0.6) is 0 Å². The zero-order valence-electron chi connectivity index (χ0n) is 9.36. The molecular weight excluding hydrogens is 178 g/mol. The molecule has 2 N–H and O–H groups in total. The number of carbonyl (C=O) groups excluding carboxylic acids is 1. The third-order valence-corrected chi connectivity index (χ3v) is 2.93. The Hall–Kier alpha value is -0.610. The van der Waals surface area contributed by atoms with E-state index in [0.29, 0.717) is 12.5 Å². The quantitative estimate of drug-likeness (QED) is 0.679. The number of likely N-dealkylation sites (tertiary alicyclic amines) is 1. The molecule has 2 atom stereocenters. The van der Waals surface area contributed by atoms with Crippen molar-refractivity contribution >= 4 is 5.91 Å². The van der Waals surface area contributed by atoms with Gasteiger partial charge >= 0.3 is 0 Å². The van der Waals surface area contributed by atoms with Crippen molar-refractivity contribution in [2.45, 2.75) is 19.4 Å². The first-order chi connectivity index (χ1) is 6.56. The van der Waals surface area contributed by atoms with Crippen molar-refractivity contribution in [1.29, 1.82) is 0 Å². The molecule has 0 aromatic carbocycles. The van der Waals surface area contributed by atoms with Gasteiger partial charge in [-0.3, -0.25) is 9.69 Å². The van der Waals surface area contributed by atoms with Gasteiger partial charge in [-0.15, -0.1) is 0 Å². The summed E-state index contributed by atoms with van der Waals surface area (Å²) in [5, 5.41) is 0. The molecule has 4 nitrogen and oxygen atoms in total. The Labute approximate surface area is 86.0 Å². The lowest BCUT2D eigenvalue weighted by Crippen LogP contribution is -2.41. The molecule has 1 fully saturated rings. The van der Waals surface area contributed by atoms with Crippen LogP contribution in [0.3, 0.4) is 0 Å². The number of nitrogens with two attached hydrogens (primary N) is 1. The van der Waals surface area contributed by atoms with Gasteiger partial charge in [-0.2, -0.15) is 0 Å². The van der Waals surface area contributed by atoms with Crippen LogP contribution in [-0.2, 0) is 4.79 Å². The minimum atomic E-state index is 0.0778. The van der Waals surface area contributed by atoms with Crippen molar-refractivity contribution in [3.63, 3.8) is 0 Å². The lowest BCUT2D eigenvalue weighted by Gasteiger charge is -2.25. The summed E-state index contributed by atoms with van der Waals surface area (Å²) in [6, 6.07) is 0.0778. The smallest absolute Gasteiger partial charge is 0.239 e. The van der Waals surface area contributed by atoms with E-state index in [0.717, 1.165) is 19.5 Å². The molecule has 0 aromatic rings. The number of rotatable bonds is 4. The largest absolute Gasteiger partial charge is 0.344 e. The van der Waals surface area contributed by atoms with Gasteiger partial charge in [0.2, 0.25) is 5.91 Å². The van der Waals surface area contributed by atoms with Crippen molar-refractivity contribution in [1.82, 2.24) is 9.80 Å². The summed E-state index contributed by atoms with van der Waals surface area (Å²) in [5.74, 6) is 0.704. The van der Waals surface area contributed by atoms with E-state index in [-0.39, 0.29) is 11.9 Å². The van der Waals surface area contributed by atoms with Crippen LogP contribution >= 0.6 is 0 Å². The summed E-state index contributed by atoms with van der Waals surface area (Å²) in [5.41, 5.74) is 5.56. The predicted molar refractivity (Wildman–Crippen MR) is 56.9 cm³/mol. The second-order valence-corrected chi connectivity index (χ2v) is 4.34. The Bertz CT molecular complexity index is 208. The van der Waals surface area contributed by atoms with Crippen LogP contribution in [0.1, 0.15) is 13.3 Å². The van der Waals surface area contributed by atoms with Gasteiger partial charge in [-0.05, 0) is 25.9 Å². The number of hydrogen-bond acceptors (Lipinski definition) is 3. The Morgan fingerprint density at radius 1 is 1.71 bits per heavy atom. The molecule has 0 aromatic heterocycles. The molecule has 1 rings (SSSR count). The maximum atomic E-state index is 11.7. The molecule has 1 heterocycles. The highest BCUT2D eigenvalue weighted by molar-refractivity contribution is 5.83. The Balaban J connectivity index is 2.45. The second kappa shape index (κ2) is 4.75. The van der Waals surface area contributed by atoms with E-state index in [1.165, 1.54) is 0 Å². The Morgan fingerprint density at radius 3 is 2.79 bits per heavy atom. The van der Waals surface area contributed by atoms with E-state index < -0.39 is 0 Å². The van der Waals surface area contributed by atoms with E-state index in [2.05, 4.69) is 11.8 Å². The second-order valence-electron chi connectivity index (χ2n) is 4.34. The molecule has 1 aliphatic rings. The predicted octanol–water partition coefficient (Wildman–Crippen LogP) is -0.256. The standard InChI is InChI=1S/C10H21N3O/c1-8(6-11)7-13(3)9-4-5-12(2)10(9)14/h8-9H,4-7,11H2,1-3H3. The molecule has 1 aliphatic heterocycles. The van der Waals surface area contributed by atoms with Gasteiger partial charge in [0.05, 0.1) is 6.04 Å². The number of nitrogens with zero attached hydrogens (tertiary/aromatic N) is 2. The van der Waals surface area contributed by atoms with Gasteiger partial charge in [0.15, 0.2) is 0 Å². The van der Waals surface area contributed by atoms with Crippen molar-refractivity contribution in [2.75, 3.05) is 33.7 Å². The van der Waals surface area contributed by atoms with Crippen molar-refractivity contribution in [3.8, 4) is 0 Å². The molecule has 2 unspecified atom stereocenters. The van der Waals surface area contributed by atoms with E-state index >= 15 is 0 Å². The maximum Gasteiger partial charge on any atom is 0.239 e. The molecular formula is C10H21N3O. The highest BCUT2D eigenvalue weighted by Gasteiger charge is 2.32. The zero-order valence-corrected chi connectivity index (χ0v) is 9.36. The topological polar surface area (TPSA) is 49.6 Å². The normalized spacial score (nSPS) is 24.8. The summed E-state index contributed by atoms with van der Waals surface area (Å²) < 4.78 is 0. The van der Waals surface area contributed by atoms with Crippen LogP contribution in [0.4, 0.5) is 0 Å². The first-order valence-electron chi connectivity index (χ1n) is 5.21. The van der Waals surface area contributed by atoms with Gasteiger partial charge in [0.25, 0.3) is 0 Å². The monoisotopic (exact) mass is 199 g/mol. The van der Waals surface area contributed by atoms with E-state index in [4.69, 9.17) is 5.73 Å². The summed E-state index contributed by atoms with van der Waals surface area (Å²) in [6.07, 6.45) is 0.948. The molecule has 0 bridgehead atoms. The van der Waals surface area contributed by atoms with Crippen LogP contribution < -0.4 is 5.73 Å². The highest BCUT2D eigenvalue weighted by Crippen LogP contribution is 2.15. The third kappa shape index (κ3) is 2.45. The number of likely N-dealkylation sites (N-methyl/N-ethyl adjacent to an activating group) is 2. The van der Waals surface area contributed by atoms with Gasteiger partial charge in [-0.1, -0.05) is 6.92 Å². The lowest BCUT2D eigenvalue weighted by molar-refractivity contribution is -0.130. The summed E-state index contributed by atoms with van der Waals surface area (Å²) >= 11 is 0. The summed E-state index contributed by atoms with van der Waals surface area (Å²) in [7, 11) is 3.87. The fourth-order valence-electron chi connectivity index (χ4n) is 1.91. The van der Waals surface area contributed by atoms with Crippen LogP contribution in [0, 0.1) is 5.92 Å². The first-order valence-corrected chi connectivity index (χ1v) is 5.21. The minimum absolute atomic E-state index is 0.0778. The zero-order chi connectivity index (χ0) is 10.7. The molecule has 1 amide bonds. The molecule has 0 aliphatic carbocycles. The van der Waals surface area contributed by atoms with Crippen molar-refractivity contribution in [3.05, 3.63) is 0 Å². The van der Waals surface area contributed by atoms with Crippen LogP contribution in [-0.4, -0.2) is 55.5 Å². The van der Waals surface area contributed by atoms with Gasteiger partial charge in [0, 0.05) is 20.1 Å². The van der Waals surface area contributed by atoms with E-state index in [9.17, 15) is 4.79 Å². The average Bonchev–Trinajstić information content (AvgIpc) is 2.47. The molecule has 0 radical (unpaired) electrons. The highest BCUT2D eigenvalue weighted by atomic mass is 16.2. The van der Waals surface area contributed by atoms with E-state index in [1.807, 2.05) is 14.1 Å². The fraction of sp³-hybridized carbons (Fsp3) is 0.900. The molecule has 1 saturated heterocycles. The maximum absolute atomic E-state index is 11.7. The third-order valence-electron chi connectivity index (χ3n) is 2.93. The van der Waals surface area contributed by atoms with Crippen molar-refractivity contribution in [2.24, 2.45) is 11.7 Å². The van der Waals surface area contributed by atoms with Crippen LogP contribution in [0.15, 0.2) is 0 Å². The van der Waals surface area contributed by atoms with Crippen molar-refractivity contribution < 1.29 is 4.79 Å². The fourth-order valence-corrected chi connectivity index (χ4v) is 1.91. The van der Waals surface area contributed by atoms with Crippen LogP contribution in [0.2, 0.25) is 0 Å². The molecule has 82 valence electrons. The average molecular weight is 199 g/mol. The Morgan fingerprint density at radius 2 is 2.36 bits per heavy atom. The number of hydrogen-bond donors (Lipinski definition) is 1. The molecule has 4 heteroatoms. The number of amides is 1. The summed E-state index contributed by atoms with van der Waals surface area (Å²) in [4.78, 5) is 15.6. The SMILES string of the molecule is CC(CN)CN(C)C1CCN(C)C1=O. The summed E-state index contributed by atoms with van der Waals surface area (Å²) in [6.45, 7) is 4.58. The number of carbonyl (C=O) groups is 1. The van der Waals surface area contributed by atoms with Gasteiger partial charge in [0.1, 0.15) is 0 Å². The van der Waals surface area contributed by atoms with E-state index in [1.54, 1.807) is 4.90 Å². The lowest BCUT2D eigenvalue weighted by atomic mass is 10.1. The molecule has 0 saturated carbocycles. The first kappa shape index (κ1) is 11.5. The molecule has 0 spiro atoms. The van der Waals surface area contributed by atoms with Gasteiger partial charge in [-0.25, -0.2) is 0 Å². The minimum Gasteiger partial charge on any atom is -0.344 e. The van der Waals surface area contributed by atoms with Gasteiger partial charge < -0.3 is 10.6 Å². The molecule has 14 heavy (non-hydrogen) atoms. The van der Waals surface area contributed by atoms with Crippen LogP contribution in [0.25, 0.3) is 0 Å². The Kier molecular flexibility index (Phi) is 3.89.